The summed E-state index contributed by atoms with van der Waals surface area (Å²) in [5, 5.41) is 105. The van der Waals surface area contributed by atoms with Gasteiger partial charge < -0.3 is 55.8 Å². The Bertz CT molecular complexity index is 1020. The molecule has 0 aromatic rings. The lowest BCUT2D eigenvalue weighted by Gasteiger charge is -2.30. The summed E-state index contributed by atoms with van der Waals surface area (Å²) in [6.45, 7) is 5.00. The lowest BCUT2D eigenvalue weighted by molar-refractivity contribution is -0.168. The van der Waals surface area contributed by atoms with E-state index < -0.39 is 85.5 Å². The van der Waals surface area contributed by atoms with Crippen LogP contribution in [0.4, 0.5) is 0 Å². The number of hydrogen-bond donors (Lipinski definition) is 10. The van der Waals surface area contributed by atoms with Crippen molar-refractivity contribution in [3.63, 3.8) is 0 Å². The molecule has 47 heavy (non-hydrogen) atoms. The molecular formula is C35H58O12. The molecule has 12 atom stereocenters. The van der Waals surface area contributed by atoms with E-state index in [0.29, 0.717) is 12.0 Å². The van der Waals surface area contributed by atoms with Crippen molar-refractivity contribution >= 4 is 5.97 Å². The van der Waals surface area contributed by atoms with Crippen LogP contribution in [-0.4, -0.2) is 124 Å². The van der Waals surface area contributed by atoms with Crippen molar-refractivity contribution in [1.29, 1.82) is 0 Å². The Hall–Kier alpha value is -2.23. The smallest absolute Gasteiger partial charge is 0.314 e. The number of carbonyl (C=O) groups is 1. The van der Waals surface area contributed by atoms with Crippen LogP contribution >= 0.6 is 0 Å². The van der Waals surface area contributed by atoms with Gasteiger partial charge in [0.25, 0.3) is 0 Å². The second-order valence-corrected chi connectivity index (χ2v) is 12.5. The average molecular weight is 671 g/mol. The van der Waals surface area contributed by atoms with E-state index in [1.54, 1.807) is 55.5 Å². The average Bonchev–Trinajstić information content (AvgIpc) is 2.98. The maximum Gasteiger partial charge on any atom is 0.314 e. The normalized spacial score (nSPS) is 39.6. The van der Waals surface area contributed by atoms with Crippen molar-refractivity contribution in [2.75, 3.05) is 0 Å². The third-order valence-electron chi connectivity index (χ3n) is 8.17. The van der Waals surface area contributed by atoms with Crippen molar-refractivity contribution in [2.24, 2.45) is 5.92 Å². The fourth-order valence-electron chi connectivity index (χ4n) is 5.30. The first-order chi connectivity index (χ1) is 22.2. The van der Waals surface area contributed by atoms with E-state index in [0.717, 1.165) is 12.8 Å². The van der Waals surface area contributed by atoms with Gasteiger partial charge in [-0.2, -0.15) is 0 Å². The van der Waals surface area contributed by atoms with E-state index >= 15 is 0 Å². The van der Waals surface area contributed by atoms with E-state index in [2.05, 4.69) is 0 Å². The number of ether oxygens (including phenoxy) is 1. The van der Waals surface area contributed by atoms with Crippen molar-refractivity contribution in [3.8, 4) is 0 Å². The standard InChI is InChI=1S/C35H58O12/c1-4-5-11-16-29(41)32-30(42)20-26(38)18-24(36)17-25(37)19-27(39)21-31(43)34(45)33(44)22(2)14-12-9-7-6-8-10-13-15-28(40)23(3)47-35(32)46/h6-10,12-15,23-34,36-45H,4-5,11,16-21H2,1-3H3/b7-6+,10-8+,12-9+,15-13+,22-14-/t23-,24-,25+,26-,27+,28-,29+,30-,31+,32-,33-,34+/m0/s1. The molecule has 1 aliphatic rings. The summed E-state index contributed by atoms with van der Waals surface area (Å²) in [4.78, 5) is 13.1. The van der Waals surface area contributed by atoms with Gasteiger partial charge in [-0.25, -0.2) is 0 Å². The highest BCUT2D eigenvalue weighted by Crippen LogP contribution is 2.24. The van der Waals surface area contributed by atoms with E-state index in [1.807, 2.05) is 6.92 Å². The zero-order valence-corrected chi connectivity index (χ0v) is 27.8. The molecule has 0 radical (unpaired) electrons. The minimum atomic E-state index is -1.61. The quantitative estimate of drug-likeness (QED) is 0.145. The molecule has 0 saturated heterocycles. The van der Waals surface area contributed by atoms with Crippen LogP contribution in [0.2, 0.25) is 0 Å². The summed E-state index contributed by atoms with van der Waals surface area (Å²) in [5.74, 6) is -2.37. The highest BCUT2D eigenvalue weighted by Gasteiger charge is 2.37. The molecule has 0 fully saturated rings. The van der Waals surface area contributed by atoms with Gasteiger partial charge in [0, 0.05) is 12.8 Å². The van der Waals surface area contributed by atoms with Crippen molar-refractivity contribution in [2.45, 2.75) is 146 Å². The van der Waals surface area contributed by atoms with Gasteiger partial charge in [0.2, 0.25) is 0 Å². The summed E-state index contributed by atoms with van der Waals surface area (Å²) in [6.07, 6.45) is 0.559. The van der Waals surface area contributed by atoms with E-state index in [-0.39, 0.29) is 32.1 Å². The molecule has 0 saturated carbocycles. The van der Waals surface area contributed by atoms with Crippen molar-refractivity contribution in [1.82, 2.24) is 0 Å². The molecule has 0 amide bonds. The van der Waals surface area contributed by atoms with Gasteiger partial charge in [-0.15, -0.1) is 0 Å². The molecule has 1 aliphatic heterocycles. The van der Waals surface area contributed by atoms with Crippen LogP contribution in [0.1, 0.15) is 78.6 Å². The summed E-state index contributed by atoms with van der Waals surface area (Å²) in [7, 11) is 0. The molecular weight excluding hydrogens is 612 g/mol. The minimum Gasteiger partial charge on any atom is -0.459 e. The number of allylic oxidation sites excluding steroid dienone is 8. The van der Waals surface area contributed by atoms with Gasteiger partial charge in [0.15, 0.2) is 0 Å². The number of aliphatic hydroxyl groups excluding tert-OH is 10. The largest absolute Gasteiger partial charge is 0.459 e. The van der Waals surface area contributed by atoms with Gasteiger partial charge in [-0.3, -0.25) is 4.79 Å². The number of esters is 1. The van der Waals surface area contributed by atoms with Crippen LogP contribution < -0.4 is 0 Å². The summed E-state index contributed by atoms with van der Waals surface area (Å²) in [5.41, 5.74) is 0.357. The molecule has 270 valence electrons. The highest BCUT2D eigenvalue weighted by molar-refractivity contribution is 5.74. The second-order valence-electron chi connectivity index (χ2n) is 12.5. The first kappa shape index (κ1) is 42.8. The number of aliphatic hydroxyl groups is 10. The fourth-order valence-corrected chi connectivity index (χ4v) is 5.30. The number of rotatable bonds is 5. The highest BCUT2D eigenvalue weighted by atomic mass is 16.6. The van der Waals surface area contributed by atoms with Crippen LogP contribution in [0, 0.1) is 5.92 Å². The predicted molar refractivity (Wildman–Crippen MR) is 177 cm³/mol. The van der Waals surface area contributed by atoms with Gasteiger partial charge in [-0.05, 0) is 45.1 Å². The topological polar surface area (TPSA) is 229 Å². The zero-order valence-electron chi connectivity index (χ0n) is 27.8. The second kappa shape index (κ2) is 23.2. The number of cyclic esters (lactones) is 1. The predicted octanol–water partition coefficient (Wildman–Crippen LogP) is 0.859. The van der Waals surface area contributed by atoms with Crippen LogP contribution in [0.15, 0.2) is 60.3 Å². The molecule has 12 nitrogen and oxygen atoms in total. The molecule has 0 spiro atoms. The lowest BCUT2D eigenvalue weighted by Crippen LogP contribution is -2.43. The zero-order chi connectivity index (χ0) is 35.5. The number of unbranched alkanes of at least 4 members (excludes halogenated alkanes) is 2. The maximum atomic E-state index is 13.1. The van der Waals surface area contributed by atoms with Crippen LogP contribution in [0.3, 0.4) is 0 Å². The molecule has 0 aromatic heterocycles. The number of carbonyl (C=O) groups excluding carboxylic acids is 1. The van der Waals surface area contributed by atoms with Crippen molar-refractivity contribution in [3.05, 3.63) is 60.3 Å². The lowest BCUT2D eigenvalue weighted by atomic mass is 9.87. The molecule has 0 unspecified atom stereocenters. The fraction of sp³-hybridized carbons (Fsp3) is 0.686. The Morgan fingerprint density at radius 3 is 1.77 bits per heavy atom. The summed E-state index contributed by atoms with van der Waals surface area (Å²) < 4.78 is 5.41. The van der Waals surface area contributed by atoms with E-state index in [1.165, 1.54) is 13.0 Å². The third-order valence-corrected chi connectivity index (χ3v) is 8.17. The van der Waals surface area contributed by atoms with Crippen LogP contribution in [0.5, 0.6) is 0 Å². The minimum absolute atomic E-state index is 0.197. The Morgan fingerprint density at radius 1 is 0.723 bits per heavy atom. The Kier molecular flexibility index (Phi) is 21.1. The summed E-state index contributed by atoms with van der Waals surface area (Å²) >= 11 is 0. The Labute approximate surface area is 278 Å². The van der Waals surface area contributed by atoms with Crippen molar-refractivity contribution < 1.29 is 60.6 Å². The van der Waals surface area contributed by atoms with Crippen LogP contribution in [-0.2, 0) is 9.53 Å². The first-order valence-corrected chi connectivity index (χ1v) is 16.5. The molecule has 0 aliphatic carbocycles. The maximum absolute atomic E-state index is 13.1. The van der Waals surface area contributed by atoms with E-state index in [4.69, 9.17) is 4.74 Å². The molecule has 1 heterocycles. The first-order valence-electron chi connectivity index (χ1n) is 16.5. The number of hydrogen-bond acceptors (Lipinski definition) is 12. The molecule has 1 rings (SSSR count). The SMILES string of the molecule is CCCCC[C@@H](O)[C@@H]1C(=O)O[C@@H](C)[C@@H](O)/C=C/C=C/C=C/C=C/C=C(/C)[C@H](O)[C@H](O)[C@H](O)C[C@H](O)C[C@H](O)C[C@H](O)C[C@H](O)C[C@@H]1O. The molecule has 0 bridgehead atoms. The van der Waals surface area contributed by atoms with Gasteiger partial charge in [0.05, 0.1) is 42.7 Å². The van der Waals surface area contributed by atoms with Crippen LogP contribution in [0.25, 0.3) is 0 Å². The molecule has 10 N–H and O–H groups in total. The monoisotopic (exact) mass is 670 g/mol. The summed E-state index contributed by atoms with van der Waals surface area (Å²) in [6, 6.07) is 0. The Morgan fingerprint density at radius 2 is 1.21 bits per heavy atom. The van der Waals surface area contributed by atoms with Gasteiger partial charge in [0.1, 0.15) is 30.3 Å². The Balaban J connectivity index is 3.19. The van der Waals surface area contributed by atoms with Gasteiger partial charge >= 0.3 is 5.97 Å². The third kappa shape index (κ3) is 17.1. The molecule has 12 heteroatoms. The van der Waals surface area contributed by atoms with Gasteiger partial charge in [-0.1, -0.05) is 80.9 Å². The van der Waals surface area contributed by atoms with E-state index in [9.17, 15) is 55.9 Å². The molecule has 0 aromatic carbocycles.